The van der Waals surface area contributed by atoms with Crippen molar-refractivity contribution in [1.29, 1.82) is 0 Å². The minimum Gasteiger partial charge on any atom is -0.478 e. The molecule has 1 saturated heterocycles. The van der Waals surface area contributed by atoms with Gasteiger partial charge >= 0.3 is 5.97 Å². The summed E-state index contributed by atoms with van der Waals surface area (Å²) in [5, 5.41) is 8.78. The summed E-state index contributed by atoms with van der Waals surface area (Å²) >= 11 is 0. The number of carboxylic acids is 1. The zero-order chi connectivity index (χ0) is 11.5. The van der Waals surface area contributed by atoms with Gasteiger partial charge in [0.25, 0.3) is 0 Å². The predicted molar refractivity (Wildman–Crippen MR) is 57.5 cm³/mol. The number of benzene rings is 1. The SMILES string of the molecule is COC1CC(c2ccc(C(=O)O)cc2)CO1. The first-order valence-electron chi connectivity index (χ1n) is 5.18. The van der Waals surface area contributed by atoms with Gasteiger partial charge in [-0.3, -0.25) is 0 Å². The van der Waals surface area contributed by atoms with E-state index in [9.17, 15) is 4.79 Å². The highest BCUT2D eigenvalue weighted by Crippen LogP contribution is 2.29. The third-order valence-corrected chi connectivity index (χ3v) is 2.85. The summed E-state index contributed by atoms with van der Waals surface area (Å²) in [6.45, 7) is 0.630. The quantitative estimate of drug-likeness (QED) is 0.848. The lowest BCUT2D eigenvalue weighted by atomic mass is 9.97. The van der Waals surface area contributed by atoms with Crippen LogP contribution in [-0.2, 0) is 9.47 Å². The molecule has 1 aromatic carbocycles. The van der Waals surface area contributed by atoms with Crippen LogP contribution in [0.25, 0.3) is 0 Å². The maximum absolute atomic E-state index is 10.7. The van der Waals surface area contributed by atoms with Crippen molar-refractivity contribution in [3.8, 4) is 0 Å². The fourth-order valence-corrected chi connectivity index (χ4v) is 1.89. The Hall–Kier alpha value is -1.39. The lowest BCUT2D eigenvalue weighted by molar-refractivity contribution is -0.0880. The number of carboxylic acid groups (broad SMARTS) is 1. The molecule has 2 rings (SSSR count). The van der Waals surface area contributed by atoms with Crippen LogP contribution < -0.4 is 0 Å². The molecule has 0 aliphatic carbocycles. The molecule has 0 spiro atoms. The molecule has 1 heterocycles. The average Bonchev–Trinajstić information content (AvgIpc) is 2.77. The van der Waals surface area contributed by atoms with Gasteiger partial charge in [-0.15, -0.1) is 0 Å². The Labute approximate surface area is 93.8 Å². The Morgan fingerprint density at radius 1 is 1.44 bits per heavy atom. The average molecular weight is 222 g/mol. The van der Waals surface area contributed by atoms with Crippen LogP contribution in [0.4, 0.5) is 0 Å². The summed E-state index contributed by atoms with van der Waals surface area (Å²) in [7, 11) is 1.63. The monoisotopic (exact) mass is 222 g/mol. The Bertz CT molecular complexity index is 371. The Kier molecular flexibility index (Phi) is 3.22. The van der Waals surface area contributed by atoms with Crippen molar-refractivity contribution in [1.82, 2.24) is 0 Å². The smallest absolute Gasteiger partial charge is 0.335 e. The molecule has 0 aromatic heterocycles. The molecular weight excluding hydrogens is 208 g/mol. The molecular formula is C12H14O4. The zero-order valence-electron chi connectivity index (χ0n) is 9.05. The van der Waals surface area contributed by atoms with Crippen molar-refractivity contribution < 1.29 is 19.4 Å². The number of ether oxygens (including phenoxy) is 2. The number of hydrogen-bond acceptors (Lipinski definition) is 3. The van der Waals surface area contributed by atoms with Crippen molar-refractivity contribution in [2.75, 3.05) is 13.7 Å². The van der Waals surface area contributed by atoms with Gasteiger partial charge in [-0.2, -0.15) is 0 Å². The number of aromatic carboxylic acids is 1. The minimum atomic E-state index is -0.899. The lowest BCUT2D eigenvalue weighted by Gasteiger charge is -2.08. The van der Waals surface area contributed by atoms with Crippen molar-refractivity contribution >= 4 is 5.97 Å². The summed E-state index contributed by atoms with van der Waals surface area (Å²) in [5.41, 5.74) is 1.41. The van der Waals surface area contributed by atoms with Gasteiger partial charge in [0, 0.05) is 19.4 Å². The molecule has 86 valence electrons. The number of methoxy groups -OCH3 is 1. The Morgan fingerprint density at radius 2 is 2.12 bits per heavy atom. The van der Waals surface area contributed by atoms with Gasteiger partial charge in [-0.1, -0.05) is 12.1 Å². The van der Waals surface area contributed by atoms with Gasteiger partial charge in [0.2, 0.25) is 0 Å². The molecule has 1 N–H and O–H groups in total. The summed E-state index contributed by atoms with van der Waals surface area (Å²) in [4.78, 5) is 10.7. The van der Waals surface area contributed by atoms with Crippen LogP contribution in [0, 0.1) is 0 Å². The van der Waals surface area contributed by atoms with E-state index in [0.717, 1.165) is 12.0 Å². The third kappa shape index (κ3) is 2.23. The molecule has 2 atom stereocenters. The van der Waals surface area contributed by atoms with Crippen LogP contribution in [0.2, 0.25) is 0 Å². The largest absolute Gasteiger partial charge is 0.478 e. The molecule has 4 nitrogen and oxygen atoms in total. The zero-order valence-corrected chi connectivity index (χ0v) is 9.05. The molecule has 16 heavy (non-hydrogen) atoms. The highest BCUT2D eigenvalue weighted by molar-refractivity contribution is 5.87. The van der Waals surface area contributed by atoms with E-state index in [4.69, 9.17) is 14.6 Å². The summed E-state index contributed by atoms with van der Waals surface area (Å²) in [6, 6.07) is 6.93. The van der Waals surface area contributed by atoms with Crippen molar-refractivity contribution in [2.24, 2.45) is 0 Å². The fourth-order valence-electron chi connectivity index (χ4n) is 1.89. The first-order valence-corrected chi connectivity index (χ1v) is 5.18. The highest BCUT2D eigenvalue weighted by atomic mass is 16.7. The van der Waals surface area contributed by atoms with Crippen molar-refractivity contribution in [3.63, 3.8) is 0 Å². The van der Waals surface area contributed by atoms with E-state index in [1.165, 1.54) is 0 Å². The lowest BCUT2D eigenvalue weighted by Crippen LogP contribution is -2.06. The molecule has 0 radical (unpaired) electrons. The molecule has 0 saturated carbocycles. The van der Waals surface area contributed by atoms with E-state index in [-0.39, 0.29) is 6.29 Å². The summed E-state index contributed by atoms with van der Waals surface area (Å²) in [5.74, 6) is -0.600. The minimum absolute atomic E-state index is 0.135. The van der Waals surface area contributed by atoms with Crippen LogP contribution in [0.5, 0.6) is 0 Å². The van der Waals surface area contributed by atoms with Gasteiger partial charge in [-0.25, -0.2) is 4.79 Å². The van der Waals surface area contributed by atoms with Crippen LogP contribution in [0.1, 0.15) is 28.3 Å². The standard InChI is InChI=1S/C12H14O4/c1-15-11-6-10(7-16-11)8-2-4-9(5-3-8)12(13)14/h2-5,10-11H,6-7H2,1H3,(H,13,14). The molecule has 1 aromatic rings. The van der Waals surface area contributed by atoms with Crippen LogP contribution in [0.3, 0.4) is 0 Å². The highest BCUT2D eigenvalue weighted by Gasteiger charge is 2.26. The second kappa shape index (κ2) is 4.63. The summed E-state index contributed by atoms with van der Waals surface area (Å²) in [6.07, 6.45) is 0.687. The topological polar surface area (TPSA) is 55.8 Å². The summed E-state index contributed by atoms with van der Waals surface area (Å²) < 4.78 is 10.5. The number of hydrogen-bond donors (Lipinski definition) is 1. The molecule has 1 fully saturated rings. The van der Waals surface area contributed by atoms with E-state index < -0.39 is 5.97 Å². The molecule has 1 aliphatic heterocycles. The molecule has 2 unspecified atom stereocenters. The normalized spacial score (nSPS) is 24.6. The Balaban J connectivity index is 2.08. The van der Waals surface area contributed by atoms with E-state index in [1.807, 2.05) is 12.1 Å². The maximum Gasteiger partial charge on any atom is 0.335 e. The maximum atomic E-state index is 10.7. The van der Waals surface area contributed by atoms with Gasteiger partial charge in [0.1, 0.15) is 0 Å². The fraction of sp³-hybridized carbons (Fsp3) is 0.417. The molecule has 4 heteroatoms. The van der Waals surface area contributed by atoms with Gasteiger partial charge in [0.05, 0.1) is 12.2 Å². The first-order chi connectivity index (χ1) is 7.70. The second-order valence-corrected chi connectivity index (χ2v) is 3.86. The van der Waals surface area contributed by atoms with Crippen molar-refractivity contribution in [3.05, 3.63) is 35.4 Å². The van der Waals surface area contributed by atoms with Gasteiger partial charge < -0.3 is 14.6 Å². The van der Waals surface area contributed by atoms with Gasteiger partial charge in [0.15, 0.2) is 6.29 Å². The first kappa shape index (κ1) is 11.1. The second-order valence-electron chi connectivity index (χ2n) is 3.86. The Morgan fingerprint density at radius 3 is 2.62 bits per heavy atom. The third-order valence-electron chi connectivity index (χ3n) is 2.85. The van der Waals surface area contributed by atoms with Crippen molar-refractivity contribution in [2.45, 2.75) is 18.6 Å². The van der Waals surface area contributed by atoms with E-state index in [1.54, 1.807) is 19.2 Å². The van der Waals surface area contributed by atoms with Crippen LogP contribution in [-0.4, -0.2) is 31.1 Å². The van der Waals surface area contributed by atoms with E-state index in [2.05, 4.69) is 0 Å². The molecule has 0 bridgehead atoms. The number of carbonyl (C=O) groups is 1. The molecule has 1 aliphatic rings. The molecule has 0 amide bonds. The number of rotatable bonds is 3. The predicted octanol–water partition coefficient (Wildman–Crippen LogP) is 1.86. The van der Waals surface area contributed by atoms with Crippen LogP contribution >= 0.6 is 0 Å². The van der Waals surface area contributed by atoms with E-state index >= 15 is 0 Å². The van der Waals surface area contributed by atoms with Gasteiger partial charge in [-0.05, 0) is 17.7 Å². The van der Waals surface area contributed by atoms with E-state index in [0.29, 0.717) is 18.1 Å². The van der Waals surface area contributed by atoms with Crippen LogP contribution in [0.15, 0.2) is 24.3 Å².